The number of nitrogens with zero attached hydrogens (tertiary/aromatic N) is 2. The molecule has 0 spiro atoms. The normalized spacial score (nSPS) is 20.1. The molecule has 0 saturated carbocycles. The van der Waals surface area contributed by atoms with Crippen LogP contribution in [0, 0.1) is 0 Å². The average molecular weight is 290 g/mol. The summed E-state index contributed by atoms with van der Waals surface area (Å²) in [5, 5.41) is 4.92. The van der Waals surface area contributed by atoms with E-state index in [4.69, 9.17) is 11.6 Å². The molecule has 1 N–H and O–H groups in total. The fourth-order valence-electron chi connectivity index (χ4n) is 2.59. The van der Waals surface area contributed by atoms with Crippen molar-refractivity contribution in [3.05, 3.63) is 41.0 Å². The zero-order valence-electron chi connectivity index (χ0n) is 11.1. The third-order valence-corrected chi connectivity index (χ3v) is 4.02. The Labute approximate surface area is 122 Å². The predicted molar refractivity (Wildman–Crippen MR) is 79.9 cm³/mol. The molecule has 0 bridgehead atoms. The maximum atomic E-state index is 11.1. The minimum atomic E-state index is -0.0493. The van der Waals surface area contributed by atoms with E-state index in [-0.39, 0.29) is 6.04 Å². The van der Waals surface area contributed by atoms with E-state index in [1.165, 1.54) is 0 Å². The summed E-state index contributed by atoms with van der Waals surface area (Å²) in [6, 6.07) is 7.84. The van der Waals surface area contributed by atoms with E-state index in [1.807, 2.05) is 12.1 Å². The number of benzene rings is 1. The molecule has 2 aromatic rings. The van der Waals surface area contributed by atoms with Gasteiger partial charge in [-0.05, 0) is 17.7 Å². The van der Waals surface area contributed by atoms with Gasteiger partial charge in [0, 0.05) is 37.8 Å². The van der Waals surface area contributed by atoms with Gasteiger partial charge in [-0.15, -0.1) is 0 Å². The molecule has 0 aliphatic carbocycles. The molecule has 0 amide bonds. The number of halogens is 1. The molecule has 20 heavy (non-hydrogen) atoms. The third-order valence-electron chi connectivity index (χ3n) is 3.69. The SMILES string of the molecule is O=CC1CNCCN1Cc1ccc2c(Cl)ccnc2c1. The molecule has 1 saturated heterocycles. The van der Waals surface area contributed by atoms with Crippen LogP contribution in [-0.4, -0.2) is 41.8 Å². The number of carbonyl (C=O) groups is 1. The Morgan fingerprint density at radius 1 is 1.45 bits per heavy atom. The van der Waals surface area contributed by atoms with E-state index in [9.17, 15) is 4.79 Å². The number of nitrogens with one attached hydrogen (secondary N) is 1. The van der Waals surface area contributed by atoms with Gasteiger partial charge in [-0.3, -0.25) is 9.88 Å². The topological polar surface area (TPSA) is 45.2 Å². The summed E-state index contributed by atoms with van der Waals surface area (Å²) in [5.41, 5.74) is 2.05. The molecule has 4 nitrogen and oxygen atoms in total. The Balaban J connectivity index is 1.85. The predicted octanol–water partition coefficient (Wildman–Crippen LogP) is 1.86. The van der Waals surface area contributed by atoms with Gasteiger partial charge in [-0.2, -0.15) is 0 Å². The van der Waals surface area contributed by atoms with Crippen LogP contribution < -0.4 is 5.32 Å². The number of carbonyl (C=O) groups excluding carboxylic acids is 1. The molecule has 1 aliphatic heterocycles. The number of aldehydes is 1. The maximum absolute atomic E-state index is 11.1. The van der Waals surface area contributed by atoms with Crippen LogP contribution in [0.5, 0.6) is 0 Å². The standard InChI is InChI=1S/C15H16ClN3O/c16-14-3-4-18-15-7-11(1-2-13(14)15)9-19-6-5-17-8-12(19)10-20/h1-4,7,10,12,17H,5-6,8-9H2. The van der Waals surface area contributed by atoms with Crippen LogP contribution in [0.4, 0.5) is 0 Å². The van der Waals surface area contributed by atoms with Crippen molar-refractivity contribution in [3.8, 4) is 0 Å². The van der Waals surface area contributed by atoms with Gasteiger partial charge in [0.15, 0.2) is 0 Å². The molecule has 0 radical (unpaired) electrons. The lowest BCUT2D eigenvalue weighted by molar-refractivity contribution is -0.113. The molecule has 104 valence electrons. The highest BCUT2D eigenvalue weighted by molar-refractivity contribution is 6.35. The Hall–Kier alpha value is -1.49. The van der Waals surface area contributed by atoms with Gasteiger partial charge in [0.2, 0.25) is 0 Å². The van der Waals surface area contributed by atoms with Gasteiger partial charge < -0.3 is 10.1 Å². The first kappa shape index (κ1) is 13.5. The number of pyridine rings is 1. The summed E-state index contributed by atoms with van der Waals surface area (Å²) >= 11 is 6.14. The van der Waals surface area contributed by atoms with Crippen molar-refractivity contribution < 1.29 is 4.79 Å². The molecule has 2 heterocycles. The zero-order valence-corrected chi connectivity index (χ0v) is 11.8. The lowest BCUT2D eigenvalue weighted by Crippen LogP contribution is -2.51. The van der Waals surface area contributed by atoms with Crippen LogP contribution in [-0.2, 0) is 11.3 Å². The quantitative estimate of drug-likeness (QED) is 0.876. The maximum Gasteiger partial charge on any atom is 0.138 e. The summed E-state index contributed by atoms with van der Waals surface area (Å²) in [7, 11) is 0. The fourth-order valence-corrected chi connectivity index (χ4v) is 2.81. The monoisotopic (exact) mass is 289 g/mol. The molecule has 1 aliphatic rings. The second kappa shape index (κ2) is 5.87. The van der Waals surface area contributed by atoms with Gasteiger partial charge in [0.1, 0.15) is 6.29 Å². The van der Waals surface area contributed by atoms with Crippen LogP contribution in [0.25, 0.3) is 10.9 Å². The molecule has 1 atom stereocenters. The van der Waals surface area contributed by atoms with Crippen molar-refractivity contribution in [2.45, 2.75) is 12.6 Å². The number of aromatic nitrogens is 1. The number of piperazine rings is 1. The number of rotatable bonds is 3. The van der Waals surface area contributed by atoms with E-state index in [1.54, 1.807) is 12.3 Å². The molecule has 1 unspecified atom stereocenters. The first-order chi connectivity index (χ1) is 9.78. The summed E-state index contributed by atoms with van der Waals surface area (Å²) in [6.45, 7) is 3.28. The van der Waals surface area contributed by atoms with Gasteiger partial charge in [0.05, 0.1) is 16.6 Å². The van der Waals surface area contributed by atoms with Crippen LogP contribution >= 0.6 is 11.6 Å². The average Bonchev–Trinajstić information content (AvgIpc) is 2.48. The number of hydrogen-bond donors (Lipinski definition) is 1. The highest BCUT2D eigenvalue weighted by Gasteiger charge is 2.21. The van der Waals surface area contributed by atoms with Crippen molar-refractivity contribution in [1.82, 2.24) is 15.2 Å². The lowest BCUT2D eigenvalue weighted by Gasteiger charge is -2.32. The molecule has 5 heteroatoms. The van der Waals surface area contributed by atoms with Crippen molar-refractivity contribution in [1.29, 1.82) is 0 Å². The zero-order chi connectivity index (χ0) is 13.9. The van der Waals surface area contributed by atoms with Gasteiger partial charge >= 0.3 is 0 Å². The van der Waals surface area contributed by atoms with Crippen LogP contribution in [0.15, 0.2) is 30.5 Å². The van der Waals surface area contributed by atoms with Crippen molar-refractivity contribution in [2.24, 2.45) is 0 Å². The Morgan fingerprint density at radius 2 is 2.35 bits per heavy atom. The van der Waals surface area contributed by atoms with E-state index in [2.05, 4.69) is 21.3 Å². The van der Waals surface area contributed by atoms with Gasteiger partial charge in [0.25, 0.3) is 0 Å². The highest BCUT2D eigenvalue weighted by Crippen LogP contribution is 2.23. The fraction of sp³-hybridized carbons (Fsp3) is 0.333. The van der Waals surface area contributed by atoms with E-state index in [0.717, 1.165) is 54.0 Å². The highest BCUT2D eigenvalue weighted by atomic mass is 35.5. The minimum Gasteiger partial charge on any atom is -0.313 e. The minimum absolute atomic E-state index is 0.0493. The molecule has 1 fully saturated rings. The van der Waals surface area contributed by atoms with Gasteiger partial charge in [-0.1, -0.05) is 23.7 Å². The molecule has 1 aromatic carbocycles. The first-order valence-electron chi connectivity index (χ1n) is 6.71. The molecule has 1 aromatic heterocycles. The van der Waals surface area contributed by atoms with Crippen molar-refractivity contribution >= 4 is 28.8 Å². The van der Waals surface area contributed by atoms with Gasteiger partial charge in [-0.25, -0.2) is 0 Å². The largest absolute Gasteiger partial charge is 0.313 e. The third kappa shape index (κ3) is 2.68. The van der Waals surface area contributed by atoms with Crippen molar-refractivity contribution in [2.75, 3.05) is 19.6 Å². The number of hydrogen-bond acceptors (Lipinski definition) is 4. The molecular weight excluding hydrogens is 274 g/mol. The Morgan fingerprint density at radius 3 is 3.20 bits per heavy atom. The summed E-state index contributed by atoms with van der Waals surface area (Å²) < 4.78 is 0. The molecule has 3 rings (SSSR count). The lowest BCUT2D eigenvalue weighted by atomic mass is 10.1. The summed E-state index contributed by atoms with van der Waals surface area (Å²) in [5.74, 6) is 0. The Kier molecular flexibility index (Phi) is 3.96. The first-order valence-corrected chi connectivity index (χ1v) is 7.09. The smallest absolute Gasteiger partial charge is 0.138 e. The van der Waals surface area contributed by atoms with Crippen molar-refractivity contribution in [3.63, 3.8) is 0 Å². The summed E-state index contributed by atoms with van der Waals surface area (Å²) in [4.78, 5) is 17.6. The number of fused-ring (bicyclic) bond motifs is 1. The summed E-state index contributed by atoms with van der Waals surface area (Å²) in [6.07, 6.45) is 2.73. The second-order valence-electron chi connectivity index (χ2n) is 5.02. The van der Waals surface area contributed by atoms with E-state index < -0.39 is 0 Å². The van der Waals surface area contributed by atoms with E-state index in [0.29, 0.717) is 0 Å². The molecular formula is C15H16ClN3O. The van der Waals surface area contributed by atoms with Crippen LogP contribution in [0.1, 0.15) is 5.56 Å². The van der Waals surface area contributed by atoms with Crippen LogP contribution in [0.2, 0.25) is 5.02 Å². The van der Waals surface area contributed by atoms with Crippen LogP contribution in [0.3, 0.4) is 0 Å². The Bertz CT molecular complexity index is 632. The second-order valence-corrected chi connectivity index (χ2v) is 5.43. The van der Waals surface area contributed by atoms with E-state index >= 15 is 0 Å².